The molecule has 1 atom stereocenters. The van der Waals surface area contributed by atoms with Crippen LogP contribution < -0.4 is 15.4 Å². The van der Waals surface area contributed by atoms with Crippen LogP contribution in [0.4, 0.5) is 11.4 Å². The molecule has 0 radical (unpaired) electrons. The van der Waals surface area contributed by atoms with Gasteiger partial charge in [-0.05, 0) is 18.6 Å². The van der Waals surface area contributed by atoms with E-state index in [9.17, 15) is 4.79 Å². The van der Waals surface area contributed by atoms with Crippen molar-refractivity contribution in [3.8, 4) is 5.75 Å². The topological polar surface area (TPSA) is 75.8 Å². The largest absolute Gasteiger partial charge is 0.478 e. The van der Waals surface area contributed by atoms with Crippen LogP contribution in [0, 0.1) is 0 Å². The highest BCUT2D eigenvalue weighted by molar-refractivity contribution is 6.02. The molecule has 1 unspecified atom stereocenters. The van der Waals surface area contributed by atoms with Crippen molar-refractivity contribution in [2.24, 2.45) is 0 Å². The van der Waals surface area contributed by atoms with Gasteiger partial charge in [0.15, 0.2) is 6.10 Å². The second-order valence-corrected chi connectivity index (χ2v) is 3.92. The Bertz CT molecular complexity index is 434. The lowest BCUT2D eigenvalue weighted by atomic mass is 10.1. The highest BCUT2D eigenvalue weighted by atomic mass is 16.5. The minimum atomic E-state index is -0.490. The fraction of sp³-hybridized carbons (Fsp3) is 0.417. The highest BCUT2D eigenvalue weighted by Crippen LogP contribution is 2.38. The van der Waals surface area contributed by atoms with Gasteiger partial charge in [-0.15, -0.1) is 0 Å². The average molecular weight is 236 g/mol. The van der Waals surface area contributed by atoms with Crippen LogP contribution in [-0.2, 0) is 4.79 Å². The Morgan fingerprint density at radius 2 is 2.29 bits per heavy atom. The van der Waals surface area contributed by atoms with Crippen LogP contribution in [0.25, 0.3) is 0 Å². The van der Waals surface area contributed by atoms with Gasteiger partial charge in [0.05, 0.1) is 12.3 Å². The standard InChI is InChI=1S/C12H16N2O3/c1-2-9-12(16)14(6-7-15)11-8(13)4-3-5-10(11)17-9/h3-5,9,15H,2,6-7,13H2,1H3. The minimum absolute atomic E-state index is 0.101. The van der Waals surface area contributed by atoms with Gasteiger partial charge in [-0.1, -0.05) is 13.0 Å². The molecule has 5 nitrogen and oxygen atoms in total. The number of para-hydroxylation sites is 1. The van der Waals surface area contributed by atoms with Gasteiger partial charge in [-0.2, -0.15) is 0 Å². The van der Waals surface area contributed by atoms with E-state index in [1.54, 1.807) is 18.2 Å². The lowest BCUT2D eigenvalue weighted by molar-refractivity contribution is -0.126. The van der Waals surface area contributed by atoms with Crippen LogP contribution in [-0.4, -0.2) is 30.3 Å². The van der Waals surface area contributed by atoms with Gasteiger partial charge in [-0.25, -0.2) is 0 Å². The van der Waals surface area contributed by atoms with Crippen molar-refractivity contribution >= 4 is 17.3 Å². The minimum Gasteiger partial charge on any atom is -0.478 e. The summed E-state index contributed by atoms with van der Waals surface area (Å²) >= 11 is 0. The number of aliphatic hydroxyl groups is 1. The summed E-state index contributed by atoms with van der Waals surface area (Å²) in [4.78, 5) is 13.6. The first-order chi connectivity index (χ1) is 8.19. The van der Waals surface area contributed by atoms with E-state index >= 15 is 0 Å². The van der Waals surface area contributed by atoms with E-state index < -0.39 is 6.10 Å². The smallest absolute Gasteiger partial charge is 0.268 e. The molecule has 0 bridgehead atoms. The van der Waals surface area contributed by atoms with Crippen molar-refractivity contribution in [2.45, 2.75) is 19.4 Å². The summed E-state index contributed by atoms with van der Waals surface area (Å²) in [5.41, 5.74) is 6.91. The molecule has 17 heavy (non-hydrogen) atoms. The summed E-state index contributed by atoms with van der Waals surface area (Å²) in [5.74, 6) is 0.455. The number of nitrogens with zero attached hydrogens (tertiary/aromatic N) is 1. The third-order valence-corrected chi connectivity index (χ3v) is 2.81. The molecule has 1 heterocycles. The Hall–Kier alpha value is -1.75. The summed E-state index contributed by atoms with van der Waals surface area (Å²) in [6.45, 7) is 2.02. The number of nitrogen functional groups attached to an aromatic ring is 1. The first kappa shape index (κ1) is 11.7. The molecule has 3 N–H and O–H groups in total. The van der Waals surface area contributed by atoms with Crippen molar-refractivity contribution < 1.29 is 14.6 Å². The molecule has 1 aromatic carbocycles. The molecule has 0 aliphatic carbocycles. The van der Waals surface area contributed by atoms with Gasteiger partial charge in [-0.3, -0.25) is 4.79 Å². The predicted octanol–water partition coefficient (Wildman–Crippen LogP) is 0.765. The molecular weight excluding hydrogens is 220 g/mol. The van der Waals surface area contributed by atoms with Crippen LogP contribution in [0.2, 0.25) is 0 Å². The average Bonchev–Trinajstić information content (AvgIpc) is 2.32. The summed E-state index contributed by atoms with van der Waals surface area (Å²) in [7, 11) is 0. The Labute approximate surface area is 99.8 Å². The zero-order chi connectivity index (χ0) is 12.4. The molecule has 0 saturated heterocycles. The fourth-order valence-corrected chi connectivity index (χ4v) is 1.99. The van der Waals surface area contributed by atoms with Gasteiger partial charge in [0, 0.05) is 6.54 Å². The van der Waals surface area contributed by atoms with Gasteiger partial charge in [0.2, 0.25) is 0 Å². The number of hydrogen-bond donors (Lipinski definition) is 2. The molecule has 1 aromatic rings. The molecule has 1 amide bonds. The van der Waals surface area contributed by atoms with Crippen LogP contribution in [0.15, 0.2) is 18.2 Å². The second-order valence-electron chi connectivity index (χ2n) is 3.92. The van der Waals surface area contributed by atoms with Crippen LogP contribution in [0.3, 0.4) is 0 Å². The number of β-amino-alcohol motifs (C(OH)–C–C–N with tert-alkyl or cyclic N) is 1. The van der Waals surface area contributed by atoms with Crippen molar-refractivity contribution in [2.75, 3.05) is 23.8 Å². The number of fused-ring (bicyclic) bond motifs is 1. The summed E-state index contributed by atoms with van der Waals surface area (Å²) < 4.78 is 5.60. The first-order valence-electron chi connectivity index (χ1n) is 5.66. The Morgan fingerprint density at radius 1 is 1.53 bits per heavy atom. The number of carbonyl (C=O) groups excluding carboxylic acids is 1. The van der Waals surface area contributed by atoms with E-state index in [-0.39, 0.29) is 19.1 Å². The number of amides is 1. The predicted molar refractivity (Wildman–Crippen MR) is 65.0 cm³/mol. The monoisotopic (exact) mass is 236 g/mol. The molecule has 2 rings (SSSR count). The van der Waals surface area contributed by atoms with E-state index in [0.29, 0.717) is 23.5 Å². The normalized spacial score (nSPS) is 18.8. The number of ether oxygens (including phenoxy) is 1. The zero-order valence-electron chi connectivity index (χ0n) is 9.72. The SMILES string of the molecule is CCC1Oc2cccc(N)c2N(CCO)C1=O. The van der Waals surface area contributed by atoms with Crippen LogP contribution in [0.1, 0.15) is 13.3 Å². The summed E-state index contributed by atoms with van der Waals surface area (Å²) in [6.07, 6.45) is 0.102. The maximum atomic E-state index is 12.1. The van der Waals surface area contributed by atoms with Crippen molar-refractivity contribution in [1.82, 2.24) is 0 Å². The number of nitrogens with two attached hydrogens (primary N) is 1. The van der Waals surface area contributed by atoms with Crippen molar-refractivity contribution in [3.63, 3.8) is 0 Å². The lowest BCUT2D eigenvalue weighted by Gasteiger charge is -2.34. The molecule has 0 saturated carbocycles. The zero-order valence-corrected chi connectivity index (χ0v) is 9.72. The first-order valence-corrected chi connectivity index (χ1v) is 5.66. The number of aliphatic hydroxyl groups excluding tert-OH is 1. The number of benzene rings is 1. The summed E-state index contributed by atoms with van der Waals surface area (Å²) in [5, 5.41) is 9.04. The van der Waals surface area contributed by atoms with E-state index in [4.69, 9.17) is 15.6 Å². The number of anilines is 2. The van der Waals surface area contributed by atoms with Gasteiger partial charge in [0.25, 0.3) is 5.91 Å². The van der Waals surface area contributed by atoms with E-state index in [0.717, 1.165) is 0 Å². The van der Waals surface area contributed by atoms with Crippen molar-refractivity contribution in [1.29, 1.82) is 0 Å². The Balaban J connectivity index is 2.47. The number of hydrogen-bond acceptors (Lipinski definition) is 4. The van der Waals surface area contributed by atoms with Crippen molar-refractivity contribution in [3.05, 3.63) is 18.2 Å². The molecule has 0 spiro atoms. The van der Waals surface area contributed by atoms with E-state index in [1.807, 2.05) is 6.92 Å². The van der Waals surface area contributed by atoms with Gasteiger partial charge >= 0.3 is 0 Å². The summed E-state index contributed by atoms with van der Waals surface area (Å²) in [6, 6.07) is 5.28. The number of carbonyl (C=O) groups is 1. The molecule has 1 aliphatic heterocycles. The quantitative estimate of drug-likeness (QED) is 0.760. The lowest BCUT2D eigenvalue weighted by Crippen LogP contribution is -2.47. The molecule has 0 aromatic heterocycles. The van der Waals surface area contributed by atoms with E-state index in [2.05, 4.69) is 0 Å². The molecule has 1 aliphatic rings. The van der Waals surface area contributed by atoms with Crippen LogP contribution >= 0.6 is 0 Å². The van der Waals surface area contributed by atoms with E-state index in [1.165, 1.54) is 4.90 Å². The van der Waals surface area contributed by atoms with Crippen LogP contribution in [0.5, 0.6) is 5.75 Å². The Morgan fingerprint density at radius 3 is 2.94 bits per heavy atom. The Kier molecular flexibility index (Phi) is 3.19. The molecule has 0 fully saturated rings. The fourth-order valence-electron chi connectivity index (χ4n) is 1.99. The maximum absolute atomic E-state index is 12.1. The van der Waals surface area contributed by atoms with Gasteiger partial charge in [0.1, 0.15) is 11.4 Å². The molecular formula is C12H16N2O3. The molecule has 92 valence electrons. The maximum Gasteiger partial charge on any atom is 0.268 e. The second kappa shape index (κ2) is 4.63. The van der Waals surface area contributed by atoms with Gasteiger partial charge < -0.3 is 20.5 Å². The third-order valence-electron chi connectivity index (χ3n) is 2.81. The highest BCUT2D eigenvalue weighted by Gasteiger charge is 2.34. The molecule has 5 heteroatoms. The third kappa shape index (κ3) is 1.93. The number of rotatable bonds is 3.